The van der Waals surface area contributed by atoms with E-state index in [4.69, 9.17) is 16.3 Å². The smallest absolute Gasteiger partial charge is 0.305 e. The molecule has 8 rings (SSSR count). The van der Waals surface area contributed by atoms with Gasteiger partial charge in [0.2, 0.25) is 11.8 Å². The number of carbonyl (C=O) groups excluding carboxylic acids is 3. The third-order valence-electron chi connectivity index (χ3n) is 9.63. The van der Waals surface area contributed by atoms with E-state index in [1.807, 2.05) is 18.2 Å². The molecule has 0 unspecified atom stereocenters. The van der Waals surface area contributed by atoms with Gasteiger partial charge in [0.05, 0.1) is 22.5 Å². The number of benzene rings is 3. The molecule has 2 saturated carbocycles. The number of nitrogens with zero attached hydrogens (tertiary/aromatic N) is 1. The molecular formula is C33H25BrClN3O6S2. The number of ether oxygens (including phenoxy) is 1. The minimum Gasteiger partial charge on any atom is -0.508 e. The number of hydrogen-bond donors (Lipinski definition) is 3. The van der Waals surface area contributed by atoms with Crippen LogP contribution >= 0.6 is 50.6 Å². The summed E-state index contributed by atoms with van der Waals surface area (Å²) in [6.45, 7) is -0.263. The predicted molar refractivity (Wildman–Crippen MR) is 179 cm³/mol. The number of nitrogens with one attached hydrogen (secondary N) is 2. The van der Waals surface area contributed by atoms with Gasteiger partial charge in [-0.1, -0.05) is 38.9 Å². The Morgan fingerprint density at radius 1 is 1.02 bits per heavy atom. The lowest BCUT2D eigenvalue weighted by molar-refractivity contribution is -0.123. The maximum absolute atomic E-state index is 14.0. The van der Waals surface area contributed by atoms with Gasteiger partial charge in [-0.25, -0.2) is 0 Å². The lowest BCUT2D eigenvalue weighted by Gasteiger charge is -2.43. The summed E-state index contributed by atoms with van der Waals surface area (Å²) in [4.78, 5) is 58.5. The molecule has 1 saturated heterocycles. The molecule has 46 heavy (non-hydrogen) atoms. The van der Waals surface area contributed by atoms with Gasteiger partial charge in [-0.15, -0.1) is 11.8 Å². The van der Waals surface area contributed by atoms with Crippen LogP contribution in [0, 0.1) is 29.6 Å². The first kappa shape index (κ1) is 29.8. The Kier molecular flexibility index (Phi) is 7.31. The van der Waals surface area contributed by atoms with Crippen molar-refractivity contribution in [1.29, 1.82) is 0 Å². The van der Waals surface area contributed by atoms with E-state index in [1.54, 1.807) is 48.2 Å². The summed E-state index contributed by atoms with van der Waals surface area (Å²) < 4.78 is 6.96. The fraction of sp³-hybridized carbons (Fsp3) is 0.273. The highest BCUT2D eigenvalue weighted by atomic mass is 79.9. The summed E-state index contributed by atoms with van der Waals surface area (Å²) in [5.74, 6) is -1.46. The van der Waals surface area contributed by atoms with Gasteiger partial charge in [0.15, 0.2) is 6.61 Å². The highest BCUT2D eigenvalue weighted by Crippen LogP contribution is 2.69. The number of fused-ring (bicyclic) bond motifs is 9. The van der Waals surface area contributed by atoms with Crippen molar-refractivity contribution in [2.24, 2.45) is 29.6 Å². The number of imide groups is 1. The third kappa shape index (κ3) is 4.80. The molecule has 2 aliphatic heterocycles. The summed E-state index contributed by atoms with van der Waals surface area (Å²) in [6, 6.07) is 18.5. The topological polar surface area (TPSA) is 129 Å². The predicted octanol–water partition coefficient (Wildman–Crippen LogP) is 6.25. The number of thioether (sulfide) groups is 1. The van der Waals surface area contributed by atoms with E-state index in [1.165, 1.54) is 17.0 Å². The maximum Gasteiger partial charge on any atom is 0.305 e. The Morgan fingerprint density at radius 3 is 2.48 bits per heavy atom. The van der Waals surface area contributed by atoms with Crippen molar-refractivity contribution in [2.75, 3.05) is 16.8 Å². The molecule has 2 bridgehead atoms. The Labute approximate surface area is 284 Å². The van der Waals surface area contributed by atoms with Gasteiger partial charge in [0.1, 0.15) is 11.5 Å². The van der Waals surface area contributed by atoms with E-state index in [-0.39, 0.29) is 63.9 Å². The average Bonchev–Trinajstić information content (AvgIpc) is 3.77. The fourth-order valence-corrected chi connectivity index (χ4v) is 11.4. The van der Waals surface area contributed by atoms with E-state index in [9.17, 15) is 24.3 Å². The lowest BCUT2D eigenvalue weighted by atomic mass is 9.68. The Bertz CT molecular complexity index is 1970. The van der Waals surface area contributed by atoms with Crippen molar-refractivity contribution in [3.63, 3.8) is 0 Å². The van der Waals surface area contributed by atoms with E-state index < -0.39 is 11.8 Å². The van der Waals surface area contributed by atoms with Crippen molar-refractivity contribution in [3.05, 3.63) is 96.3 Å². The molecule has 0 spiro atoms. The van der Waals surface area contributed by atoms with Gasteiger partial charge in [0, 0.05) is 36.8 Å². The molecule has 3 amide bonds. The van der Waals surface area contributed by atoms with Crippen LogP contribution in [0.25, 0.3) is 0 Å². The Balaban J connectivity index is 1.14. The number of thiazole rings is 1. The van der Waals surface area contributed by atoms with Gasteiger partial charge < -0.3 is 20.1 Å². The molecule has 3 N–H and O–H groups in total. The highest BCUT2D eigenvalue weighted by Gasteiger charge is 2.69. The van der Waals surface area contributed by atoms with Gasteiger partial charge in [0.25, 0.3) is 5.91 Å². The number of carbonyl (C=O) groups is 3. The standard InChI is InChI=1S/C33H25BrClN3O6S2/c34-14-1-10-22(44-13-23(40)36-16-4-8-18(39)9-5-16)19(11-14)24-25-20-12-21(28(25)45-30-29(24)46-33(43)37-30)27-26(20)31(41)38(32(27)42)17-6-2-15(35)3-7-17/h1-11,20-21,24-28,39H,12-13H2,(H,36,40)(H,37,43)/t20-,21-,24+,25-,26+,27+,28-/m1/s1. The Morgan fingerprint density at radius 2 is 1.74 bits per heavy atom. The minimum absolute atomic E-state index is 0.000504. The number of rotatable bonds is 6. The molecule has 9 nitrogen and oxygen atoms in total. The average molecular weight is 739 g/mol. The number of anilines is 2. The zero-order valence-electron chi connectivity index (χ0n) is 23.8. The van der Waals surface area contributed by atoms with E-state index >= 15 is 0 Å². The number of halogens is 2. The molecule has 4 aromatic rings. The zero-order valence-corrected chi connectivity index (χ0v) is 27.8. The number of amides is 3. The molecule has 234 valence electrons. The monoisotopic (exact) mass is 737 g/mol. The van der Waals surface area contributed by atoms with Crippen LogP contribution in [0.15, 0.2) is 81.0 Å². The van der Waals surface area contributed by atoms with Crippen LogP contribution in [0.3, 0.4) is 0 Å². The van der Waals surface area contributed by atoms with Crippen molar-refractivity contribution in [2.45, 2.75) is 22.6 Å². The van der Waals surface area contributed by atoms with Crippen molar-refractivity contribution < 1.29 is 24.2 Å². The molecule has 1 aromatic heterocycles. The first-order valence-corrected chi connectivity index (χ1v) is 17.6. The first-order chi connectivity index (χ1) is 22.2. The normalized spacial score (nSPS) is 27.3. The van der Waals surface area contributed by atoms with E-state index in [2.05, 4.69) is 26.2 Å². The van der Waals surface area contributed by atoms with Crippen LogP contribution in [-0.2, 0) is 14.4 Å². The number of H-pyrrole nitrogens is 1. The summed E-state index contributed by atoms with van der Waals surface area (Å²) in [5.41, 5.74) is 1.86. The van der Waals surface area contributed by atoms with Crippen molar-refractivity contribution in [1.82, 2.24) is 4.98 Å². The number of phenols is 1. The molecular weight excluding hydrogens is 714 g/mol. The SMILES string of the molecule is O=C(COc1ccc(Br)cc1[C@@H]1c2sc(=O)[nH]c2S[C@@H]2[C@@H]3C[C@@H]([C@@H]4C(=O)N(c5ccc(Cl)cc5)C(=O)[C@@H]34)[C@H]12)Nc1ccc(O)cc1. The van der Waals surface area contributed by atoms with Crippen molar-refractivity contribution in [3.8, 4) is 11.5 Å². The number of aromatic amines is 1. The largest absolute Gasteiger partial charge is 0.508 e. The van der Waals surface area contributed by atoms with Gasteiger partial charge in [-0.3, -0.25) is 24.1 Å². The fourth-order valence-electron chi connectivity index (χ4n) is 7.99. The van der Waals surface area contributed by atoms with Gasteiger partial charge in [-0.2, -0.15) is 0 Å². The molecule has 0 radical (unpaired) electrons. The van der Waals surface area contributed by atoms with E-state index in [0.29, 0.717) is 22.1 Å². The van der Waals surface area contributed by atoms with Crippen LogP contribution < -0.4 is 19.8 Å². The Hall–Kier alpha value is -3.58. The highest BCUT2D eigenvalue weighted by molar-refractivity contribution is 9.10. The summed E-state index contributed by atoms with van der Waals surface area (Å²) >= 11 is 12.5. The molecule has 7 atom stereocenters. The zero-order chi connectivity index (χ0) is 31.9. The van der Waals surface area contributed by atoms with Crippen LogP contribution in [0.2, 0.25) is 5.02 Å². The minimum atomic E-state index is -0.456. The van der Waals surface area contributed by atoms with Gasteiger partial charge >= 0.3 is 4.87 Å². The van der Waals surface area contributed by atoms with Gasteiger partial charge in [-0.05, 0) is 90.9 Å². The molecule has 3 aromatic carbocycles. The summed E-state index contributed by atoms with van der Waals surface area (Å²) in [6.07, 6.45) is 0.749. The molecule has 4 aliphatic rings. The first-order valence-electron chi connectivity index (χ1n) is 14.7. The van der Waals surface area contributed by atoms with E-state index in [0.717, 1.165) is 37.7 Å². The van der Waals surface area contributed by atoms with Crippen LogP contribution in [-0.4, -0.2) is 39.7 Å². The number of phenolic OH excluding ortho intramolecular Hbond substituents is 1. The molecule has 2 aliphatic carbocycles. The summed E-state index contributed by atoms with van der Waals surface area (Å²) in [5, 5.41) is 13.6. The maximum atomic E-state index is 14.0. The van der Waals surface area contributed by atoms with Crippen LogP contribution in [0.4, 0.5) is 11.4 Å². The molecule has 3 fully saturated rings. The van der Waals surface area contributed by atoms with Crippen molar-refractivity contribution >= 4 is 79.7 Å². The quantitative estimate of drug-likeness (QED) is 0.158. The molecule has 3 heterocycles. The number of hydrogen-bond acceptors (Lipinski definition) is 8. The molecule has 13 heteroatoms. The number of aromatic nitrogens is 1. The number of aromatic hydroxyl groups is 1. The second-order valence-corrected chi connectivity index (χ2v) is 15.6. The lowest BCUT2D eigenvalue weighted by Crippen LogP contribution is -2.42. The van der Waals surface area contributed by atoms with Crippen LogP contribution in [0.5, 0.6) is 11.5 Å². The second kappa shape index (κ2) is 11.3. The van der Waals surface area contributed by atoms with Crippen LogP contribution in [0.1, 0.15) is 22.8 Å². The summed E-state index contributed by atoms with van der Waals surface area (Å²) in [7, 11) is 0. The second-order valence-electron chi connectivity index (χ2n) is 12.0. The third-order valence-corrected chi connectivity index (χ3v) is 13.0.